The number of rotatable bonds is 4. The van der Waals surface area contributed by atoms with Crippen molar-refractivity contribution in [2.24, 2.45) is 11.7 Å². The summed E-state index contributed by atoms with van der Waals surface area (Å²) in [7, 11) is 0. The molecule has 0 aromatic heterocycles. The second-order valence-electron chi connectivity index (χ2n) is 6.01. The first kappa shape index (κ1) is 22.0. The van der Waals surface area contributed by atoms with Crippen LogP contribution in [0.3, 0.4) is 0 Å². The maximum absolute atomic E-state index is 12.4. The highest BCUT2D eigenvalue weighted by molar-refractivity contribution is 5.85. The Morgan fingerprint density at radius 2 is 1.74 bits per heavy atom. The highest BCUT2D eigenvalue weighted by atomic mass is 35.5. The number of hydrogen-bond acceptors (Lipinski definition) is 3. The van der Waals surface area contributed by atoms with Gasteiger partial charge >= 0.3 is 0 Å². The van der Waals surface area contributed by atoms with Gasteiger partial charge in [0.1, 0.15) is 0 Å². The molecule has 0 radical (unpaired) electrons. The van der Waals surface area contributed by atoms with Gasteiger partial charge in [0, 0.05) is 31.9 Å². The molecule has 0 spiro atoms. The van der Waals surface area contributed by atoms with Crippen LogP contribution in [0.25, 0.3) is 0 Å². The van der Waals surface area contributed by atoms with Gasteiger partial charge in [0.2, 0.25) is 5.91 Å². The van der Waals surface area contributed by atoms with E-state index in [0.29, 0.717) is 0 Å². The molecule has 1 saturated heterocycles. The molecule has 1 fully saturated rings. The lowest BCUT2D eigenvalue weighted by atomic mass is 9.98. The van der Waals surface area contributed by atoms with Crippen molar-refractivity contribution >= 4 is 36.4 Å². The van der Waals surface area contributed by atoms with Crippen LogP contribution < -0.4 is 10.6 Å². The van der Waals surface area contributed by atoms with Gasteiger partial charge in [0.15, 0.2) is 0 Å². The van der Waals surface area contributed by atoms with Crippen LogP contribution in [-0.4, -0.2) is 43.0 Å². The van der Waals surface area contributed by atoms with Crippen LogP contribution in [0, 0.1) is 12.8 Å². The molecule has 2 N–H and O–H groups in total. The molecule has 1 aliphatic rings. The van der Waals surface area contributed by atoms with Crippen LogP contribution >= 0.6 is 24.8 Å². The number of halogens is 2. The SMILES string of the molecule is CCC(C)C(N)C(=O)N1CCN(c2ccccc2C)CC1.Cl.Cl. The Labute approximate surface area is 152 Å². The number of piperazine rings is 1. The molecule has 2 atom stereocenters. The number of carbonyl (C=O) groups is 1. The zero-order valence-corrected chi connectivity index (χ0v) is 15.8. The van der Waals surface area contributed by atoms with Gasteiger partial charge in [-0.3, -0.25) is 4.79 Å². The second-order valence-corrected chi connectivity index (χ2v) is 6.01. The van der Waals surface area contributed by atoms with Crippen LogP contribution in [-0.2, 0) is 4.79 Å². The number of carbonyl (C=O) groups excluding carboxylic acids is 1. The third-order valence-corrected chi connectivity index (χ3v) is 4.59. The van der Waals surface area contributed by atoms with Crippen LogP contribution in [0.1, 0.15) is 25.8 Å². The summed E-state index contributed by atoms with van der Waals surface area (Å²) in [5.74, 6) is 0.348. The lowest BCUT2D eigenvalue weighted by Gasteiger charge is -2.38. The number of aryl methyl sites for hydroxylation is 1. The van der Waals surface area contributed by atoms with E-state index in [0.717, 1.165) is 32.6 Å². The molecule has 132 valence electrons. The van der Waals surface area contributed by atoms with Gasteiger partial charge in [0.25, 0.3) is 0 Å². The summed E-state index contributed by atoms with van der Waals surface area (Å²) in [6, 6.07) is 8.05. The Bertz CT molecular complexity index is 490. The molecule has 1 aromatic rings. The van der Waals surface area contributed by atoms with E-state index in [-0.39, 0.29) is 42.7 Å². The number of nitrogens with zero attached hydrogens (tertiary/aromatic N) is 2. The van der Waals surface area contributed by atoms with Crippen molar-refractivity contribution in [1.29, 1.82) is 0 Å². The molecule has 2 rings (SSSR count). The van der Waals surface area contributed by atoms with Gasteiger partial charge in [-0.25, -0.2) is 0 Å². The van der Waals surface area contributed by atoms with E-state index in [2.05, 4.69) is 43.0 Å². The first-order chi connectivity index (χ1) is 10.0. The highest BCUT2D eigenvalue weighted by Crippen LogP contribution is 2.21. The monoisotopic (exact) mass is 361 g/mol. The van der Waals surface area contributed by atoms with E-state index >= 15 is 0 Å². The Morgan fingerprint density at radius 1 is 1.17 bits per heavy atom. The van der Waals surface area contributed by atoms with Crippen LogP contribution in [0.4, 0.5) is 5.69 Å². The minimum Gasteiger partial charge on any atom is -0.368 e. The van der Waals surface area contributed by atoms with Crippen molar-refractivity contribution in [1.82, 2.24) is 4.90 Å². The fraction of sp³-hybridized carbons (Fsp3) is 0.588. The largest absolute Gasteiger partial charge is 0.368 e. The number of benzene rings is 1. The highest BCUT2D eigenvalue weighted by Gasteiger charge is 2.28. The molecule has 23 heavy (non-hydrogen) atoms. The fourth-order valence-electron chi connectivity index (χ4n) is 2.79. The minimum absolute atomic E-state index is 0. The first-order valence-electron chi connectivity index (χ1n) is 7.89. The van der Waals surface area contributed by atoms with Gasteiger partial charge in [-0.1, -0.05) is 38.5 Å². The molecule has 1 amide bonds. The average molecular weight is 362 g/mol. The molecule has 0 aliphatic carbocycles. The molecule has 2 unspecified atom stereocenters. The van der Waals surface area contributed by atoms with Gasteiger partial charge < -0.3 is 15.5 Å². The second kappa shape index (κ2) is 10.0. The molecule has 6 heteroatoms. The molecule has 1 aromatic carbocycles. The summed E-state index contributed by atoms with van der Waals surface area (Å²) in [5.41, 5.74) is 8.63. The van der Waals surface area contributed by atoms with Crippen molar-refractivity contribution in [3.63, 3.8) is 0 Å². The van der Waals surface area contributed by atoms with Crippen molar-refractivity contribution < 1.29 is 4.79 Å². The standard InChI is InChI=1S/C17H27N3O.2ClH/c1-4-13(2)16(18)17(21)20-11-9-19(10-12-20)15-8-6-5-7-14(15)3;;/h5-8,13,16H,4,9-12,18H2,1-3H3;2*1H. The summed E-state index contributed by atoms with van der Waals surface area (Å²) < 4.78 is 0. The maximum Gasteiger partial charge on any atom is 0.239 e. The number of hydrogen-bond donors (Lipinski definition) is 1. The van der Waals surface area contributed by atoms with E-state index in [9.17, 15) is 4.79 Å². The summed E-state index contributed by atoms with van der Waals surface area (Å²) >= 11 is 0. The van der Waals surface area contributed by atoms with E-state index in [4.69, 9.17) is 5.73 Å². The predicted octanol–water partition coefficient (Wildman–Crippen LogP) is 2.86. The first-order valence-corrected chi connectivity index (χ1v) is 7.89. The Morgan fingerprint density at radius 3 is 2.26 bits per heavy atom. The van der Waals surface area contributed by atoms with E-state index < -0.39 is 0 Å². The molecule has 0 saturated carbocycles. The molecule has 0 bridgehead atoms. The Balaban J connectivity index is 0.00000242. The molecular formula is C17H29Cl2N3O. The Kier molecular flexibility index (Phi) is 9.59. The number of amides is 1. The zero-order valence-electron chi connectivity index (χ0n) is 14.2. The van der Waals surface area contributed by atoms with Gasteiger partial charge in [-0.15, -0.1) is 24.8 Å². The summed E-state index contributed by atoms with van der Waals surface area (Å²) in [6.07, 6.45) is 0.941. The fourth-order valence-corrected chi connectivity index (χ4v) is 2.79. The zero-order chi connectivity index (χ0) is 15.4. The summed E-state index contributed by atoms with van der Waals surface area (Å²) in [5, 5.41) is 0. The van der Waals surface area contributed by atoms with E-state index in [1.807, 2.05) is 11.8 Å². The third kappa shape index (κ3) is 5.27. The topological polar surface area (TPSA) is 49.6 Å². The lowest BCUT2D eigenvalue weighted by molar-refractivity contribution is -0.134. The van der Waals surface area contributed by atoms with Crippen LogP contribution in [0.5, 0.6) is 0 Å². The summed E-state index contributed by atoms with van der Waals surface area (Å²) in [6.45, 7) is 9.54. The van der Waals surface area contributed by atoms with Crippen LogP contribution in [0.15, 0.2) is 24.3 Å². The van der Waals surface area contributed by atoms with Crippen molar-refractivity contribution in [3.8, 4) is 0 Å². The van der Waals surface area contributed by atoms with Crippen LogP contribution in [0.2, 0.25) is 0 Å². The number of para-hydroxylation sites is 1. The maximum atomic E-state index is 12.4. The summed E-state index contributed by atoms with van der Waals surface area (Å²) in [4.78, 5) is 16.7. The van der Waals surface area contributed by atoms with E-state index in [1.165, 1.54) is 11.3 Å². The predicted molar refractivity (Wildman–Crippen MR) is 102 cm³/mol. The van der Waals surface area contributed by atoms with Gasteiger partial charge in [-0.2, -0.15) is 0 Å². The normalized spacial score (nSPS) is 16.9. The molecule has 1 aliphatic heterocycles. The minimum atomic E-state index is -0.361. The molecular weight excluding hydrogens is 333 g/mol. The average Bonchev–Trinajstić information content (AvgIpc) is 2.53. The molecule has 4 nitrogen and oxygen atoms in total. The van der Waals surface area contributed by atoms with Crippen molar-refractivity contribution in [2.75, 3.05) is 31.1 Å². The van der Waals surface area contributed by atoms with Gasteiger partial charge in [0.05, 0.1) is 6.04 Å². The third-order valence-electron chi connectivity index (χ3n) is 4.59. The lowest BCUT2D eigenvalue weighted by Crippen LogP contribution is -2.54. The van der Waals surface area contributed by atoms with Crippen molar-refractivity contribution in [2.45, 2.75) is 33.2 Å². The number of nitrogens with two attached hydrogens (primary N) is 1. The van der Waals surface area contributed by atoms with Crippen molar-refractivity contribution in [3.05, 3.63) is 29.8 Å². The smallest absolute Gasteiger partial charge is 0.239 e. The number of anilines is 1. The Hall–Kier alpha value is -0.970. The molecule has 1 heterocycles. The van der Waals surface area contributed by atoms with E-state index in [1.54, 1.807) is 0 Å². The van der Waals surface area contributed by atoms with Gasteiger partial charge in [-0.05, 0) is 24.5 Å². The quantitative estimate of drug-likeness (QED) is 0.896.